The Hall–Kier alpha value is -4.07. The number of ether oxygens (including phenoxy) is 1. The molecule has 0 unspecified atom stereocenters. The van der Waals surface area contributed by atoms with Gasteiger partial charge in [0.15, 0.2) is 17.1 Å². The molecule has 8 nitrogen and oxygen atoms in total. The number of hydrogen-bond donors (Lipinski definition) is 1. The summed E-state index contributed by atoms with van der Waals surface area (Å²) in [6, 6.07) is 12.0. The third-order valence-electron chi connectivity index (χ3n) is 5.40. The molecule has 0 saturated heterocycles. The van der Waals surface area contributed by atoms with Crippen molar-refractivity contribution < 1.29 is 9.15 Å². The summed E-state index contributed by atoms with van der Waals surface area (Å²) in [4.78, 5) is 23.1. The first-order valence-corrected chi connectivity index (χ1v) is 11.3. The van der Waals surface area contributed by atoms with Gasteiger partial charge in [0.2, 0.25) is 0 Å². The molecule has 0 atom stereocenters. The zero-order valence-corrected chi connectivity index (χ0v) is 19.9. The van der Waals surface area contributed by atoms with E-state index in [-0.39, 0.29) is 6.01 Å². The molecule has 0 fully saturated rings. The second kappa shape index (κ2) is 8.70. The monoisotopic (exact) mass is 454 g/mol. The second-order valence-corrected chi connectivity index (χ2v) is 8.79. The van der Waals surface area contributed by atoms with Gasteiger partial charge >= 0.3 is 6.01 Å². The molecule has 5 aromatic rings. The van der Waals surface area contributed by atoms with Crippen molar-refractivity contribution in [3.05, 3.63) is 59.6 Å². The molecule has 4 aromatic heterocycles. The fraction of sp³-hybridized carbons (Fsp3) is 0.269. The Labute approximate surface area is 197 Å². The Balaban J connectivity index is 1.64. The van der Waals surface area contributed by atoms with Crippen LogP contribution in [0.25, 0.3) is 33.5 Å². The number of nitrogens with one attached hydrogen (secondary N) is 1. The Bertz CT molecular complexity index is 1510. The van der Waals surface area contributed by atoms with Crippen molar-refractivity contribution in [1.82, 2.24) is 24.9 Å². The molecule has 1 N–H and O–H groups in total. The van der Waals surface area contributed by atoms with E-state index in [0.29, 0.717) is 35.5 Å². The summed E-state index contributed by atoms with van der Waals surface area (Å²) in [6.07, 6.45) is 1.77. The minimum Gasteiger partial charge on any atom is -0.463 e. The fourth-order valence-corrected chi connectivity index (χ4v) is 3.82. The Morgan fingerprint density at radius 2 is 1.82 bits per heavy atom. The number of nitrogens with zero attached hydrogens (tertiary/aromatic N) is 5. The number of aromatic nitrogens is 5. The number of oxazole rings is 1. The van der Waals surface area contributed by atoms with Gasteiger partial charge < -0.3 is 14.5 Å². The van der Waals surface area contributed by atoms with Crippen LogP contribution in [0.2, 0.25) is 0 Å². The van der Waals surface area contributed by atoms with Crippen LogP contribution >= 0.6 is 0 Å². The largest absolute Gasteiger partial charge is 0.463 e. The molecule has 172 valence electrons. The summed E-state index contributed by atoms with van der Waals surface area (Å²) in [6.45, 7) is 10.6. The van der Waals surface area contributed by atoms with Gasteiger partial charge in [-0.15, -0.1) is 0 Å². The molecule has 0 aliphatic heterocycles. The summed E-state index contributed by atoms with van der Waals surface area (Å²) in [5.74, 6) is 1.58. The molecule has 0 amide bonds. The Kier molecular flexibility index (Phi) is 5.57. The molecule has 1 aromatic carbocycles. The maximum absolute atomic E-state index is 5.89. The quantitative estimate of drug-likeness (QED) is 0.337. The highest BCUT2D eigenvalue weighted by molar-refractivity contribution is 5.93. The first kappa shape index (κ1) is 21.8. The normalized spacial score (nSPS) is 11.5. The lowest BCUT2D eigenvalue weighted by molar-refractivity contribution is 0.252. The Morgan fingerprint density at radius 1 is 0.971 bits per heavy atom. The van der Waals surface area contributed by atoms with Gasteiger partial charge in [-0.05, 0) is 55.2 Å². The molecule has 0 saturated carbocycles. The highest BCUT2D eigenvalue weighted by Crippen LogP contribution is 2.32. The fourth-order valence-electron chi connectivity index (χ4n) is 3.82. The van der Waals surface area contributed by atoms with Gasteiger partial charge in [-0.25, -0.2) is 9.97 Å². The summed E-state index contributed by atoms with van der Waals surface area (Å²) < 4.78 is 11.6. The second-order valence-electron chi connectivity index (χ2n) is 8.79. The third-order valence-corrected chi connectivity index (χ3v) is 5.40. The van der Waals surface area contributed by atoms with Gasteiger partial charge in [0.05, 0.1) is 23.4 Å². The average Bonchev–Trinajstić information content (AvgIpc) is 3.17. The molecule has 8 heteroatoms. The van der Waals surface area contributed by atoms with E-state index < -0.39 is 0 Å². The van der Waals surface area contributed by atoms with Gasteiger partial charge in [0.1, 0.15) is 11.3 Å². The summed E-state index contributed by atoms with van der Waals surface area (Å²) in [5.41, 5.74) is 6.52. The third kappa shape index (κ3) is 4.26. The molecule has 0 aliphatic carbocycles. The molecule has 0 aliphatic rings. The molecule has 0 radical (unpaired) electrons. The maximum Gasteiger partial charge on any atom is 0.320 e. The van der Waals surface area contributed by atoms with Gasteiger partial charge in [-0.2, -0.15) is 9.97 Å². The van der Waals surface area contributed by atoms with Crippen LogP contribution in [0.5, 0.6) is 6.01 Å². The number of fused-ring (bicyclic) bond motifs is 2. The predicted octanol–water partition coefficient (Wildman–Crippen LogP) is 5.93. The van der Waals surface area contributed by atoms with Gasteiger partial charge in [0.25, 0.3) is 0 Å². The van der Waals surface area contributed by atoms with Crippen LogP contribution in [0.1, 0.15) is 30.9 Å². The van der Waals surface area contributed by atoms with Crippen LogP contribution in [0.4, 0.5) is 11.5 Å². The van der Waals surface area contributed by atoms with E-state index in [4.69, 9.17) is 14.1 Å². The standard InChI is InChI=1S/C26H26N6O2/c1-14(2)13-33-26-31-24(29-18-8-9-19-21(12-18)34-17(5)28-19)22-16(4)11-20(30-25(22)32-26)23-15(3)7-6-10-27-23/h6-12,14H,13H2,1-5H3,(H,29,30,31,32). The van der Waals surface area contributed by atoms with Crippen molar-refractivity contribution >= 4 is 33.6 Å². The minimum atomic E-state index is 0.280. The van der Waals surface area contributed by atoms with Crippen LogP contribution in [-0.4, -0.2) is 31.5 Å². The summed E-state index contributed by atoms with van der Waals surface area (Å²) in [5, 5.41) is 4.24. The molecule has 4 heterocycles. The minimum absolute atomic E-state index is 0.280. The van der Waals surface area contributed by atoms with Crippen molar-refractivity contribution in [2.45, 2.75) is 34.6 Å². The molecule has 0 bridgehead atoms. The predicted molar refractivity (Wildman–Crippen MR) is 132 cm³/mol. The van der Waals surface area contributed by atoms with Crippen molar-refractivity contribution in [1.29, 1.82) is 0 Å². The molecule has 34 heavy (non-hydrogen) atoms. The highest BCUT2D eigenvalue weighted by atomic mass is 16.5. The van der Waals surface area contributed by atoms with Crippen molar-refractivity contribution in [2.75, 3.05) is 11.9 Å². The van der Waals surface area contributed by atoms with E-state index in [1.807, 2.05) is 57.2 Å². The van der Waals surface area contributed by atoms with E-state index in [9.17, 15) is 0 Å². The van der Waals surface area contributed by atoms with E-state index in [1.54, 1.807) is 6.20 Å². The lowest BCUT2D eigenvalue weighted by atomic mass is 10.1. The zero-order chi connectivity index (χ0) is 23.8. The lowest BCUT2D eigenvalue weighted by Crippen LogP contribution is -2.09. The molecule has 0 spiro atoms. The SMILES string of the molecule is Cc1nc2ccc(Nc3nc(OCC(C)C)nc4nc(-c5ncccc5C)cc(C)c34)cc2o1. The topological polar surface area (TPSA) is 98.9 Å². The molecular formula is C26H26N6O2. The first-order chi connectivity index (χ1) is 16.4. The van der Waals surface area contributed by atoms with Crippen molar-refractivity contribution in [3.8, 4) is 17.4 Å². The number of aryl methyl sites for hydroxylation is 3. The van der Waals surface area contributed by atoms with Gasteiger partial charge in [0, 0.05) is 24.9 Å². The summed E-state index contributed by atoms with van der Waals surface area (Å²) in [7, 11) is 0. The smallest absolute Gasteiger partial charge is 0.320 e. The van der Waals surface area contributed by atoms with Gasteiger partial charge in [-0.1, -0.05) is 19.9 Å². The number of rotatable bonds is 6. The van der Waals surface area contributed by atoms with Crippen molar-refractivity contribution in [2.24, 2.45) is 5.92 Å². The Morgan fingerprint density at radius 3 is 2.62 bits per heavy atom. The summed E-state index contributed by atoms with van der Waals surface area (Å²) >= 11 is 0. The first-order valence-electron chi connectivity index (χ1n) is 11.3. The zero-order valence-electron chi connectivity index (χ0n) is 19.9. The lowest BCUT2D eigenvalue weighted by Gasteiger charge is -2.14. The van der Waals surface area contributed by atoms with Gasteiger partial charge in [-0.3, -0.25) is 4.98 Å². The van der Waals surface area contributed by atoms with E-state index >= 15 is 0 Å². The number of anilines is 2. The number of benzene rings is 1. The van der Waals surface area contributed by atoms with Crippen LogP contribution < -0.4 is 10.1 Å². The average molecular weight is 455 g/mol. The van der Waals surface area contributed by atoms with E-state index in [1.165, 1.54) is 0 Å². The van der Waals surface area contributed by atoms with E-state index in [2.05, 4.69) is 39.1 Å². The highest BCUT2D eigenvalue weighted by Gasteiger charge is 2.17. The number of hydrogen-bond acceptors (Lipinski definition) is 8. The maximum atomic E-state index is 5.89. The van der Waals surface area contributed by atoms with Crippen LogP contribution in [0.3, 0.4) is 0 Å². The number of pyridine rings is 2. The molecular weight excluding hydrogens is 428 g/mol. The van der Waals surface area contributed by atoms with Crippen LogP contribution in [-0.2, 0) is 0 Å². The van der Waals surface area contributed by atoms with Crippen LogP contribution in [0, 0.1) is 26.7 Å². The van der Waals surface area contributed by atoms with Crippen molar-refractivity contribution in [3.63, 3.8) is 0 Å². The van der Waals surface area contributed by atoms with E-state index in [0.717, 1.165) is 39.1 Å². The van der Waals surface area contributed by atoms with Crippen LogP contribution in [0.15, 0.2) is 47.0 Å². The molecule has 5 rings (SSSR count).